The minimum Gasteiger partial charge on any atom is -0.478 e. The topological polar surface area (TPSA) is 90.4 Å². The Morgan fingerprint density at radius 3 is 2.66 bits per heavy atom. The Bertz CT molecular complexity index is 827. The Hall–Kier alpha value is -3.21. The molecule has 8 heteroatoms. The monoisotopic (exact) mass is 399 g/mol. The summed E-state index contributed by atoms with van der Waals surface area (Å²) in [7, 11) is 0. The molecule has 2 heterocycles. The van der Waals surface area contributed by atoms with Crippen molar-refractivity contribution in [1.29, 1.82) is 0 Å². The van der Waals surface area contributed by atoms with Crippen LogP contribution in [-0.2, 0) is 4.74 Å². The summed E-state index contributed by atoms with van der Waals surface area (Å²) in [4.78, 5) is 40.7. The van der Waals surface area contributed by atoms with E-state index < -0.39 is 5.97 Å². The molecule has 154 valence electrons. The molecule has 2 saturated heterocycles. The fourth-order valence-corrected chi connectivity index (χ4v) is 3.40. The third-order valence-electron chi connectivity index (χ3n) is 5.05. The second kappa shape index (κ2) is 9.32. The fourth-order valence-electron chi connectivity index (χ4n) is 3.40. The van der Waals surface area contributed by atoms with E-state index in [2.05, 4.69) is 11.8 Å². The number of carboxylic acid groups (broad SMARTS) is 1. The number of carbonyl (C=O) groups is 3. The number of carbonyl (C=O) groups excluding carboxylic acids is 2. The lowest BCUT2D eigenvalue weighted by atomic mass is 10.1. The van der Waals surface area contributed by atoms with Gasteiger partial charge in [-0.2, -0.15) is 0 Å². The lowest BCUT2D eigenvalue weighted by molar-refractivity contribution is 0.0695. The third-order valence-corrected chi connectivity index (χ3v) is 5.05. The minimum absolute atomic E-state index is 0.0494. The second-order valence-corrected chi connectivity index (χ2v) is 7.11. The van der Waals surface area contributed by atoms with Gasteiger partial charge in [0.25, 0.3) is 0 Å². The second-order valence-electron chi connectivity index (χ2n) is 7.11. The molecule has 1 atom stereocenters. The van der Waals surface area contributed by atoms with Gasteiger partial charge < -0.3 is 24.5 Å². The lowest BCUT2D eigenvalue weighted by Crippen LogP contribution is -2.53. The molecule has 0 aliphatic carbocycles. The SMILES string of the molecule is CCCCOC(=O)N1CCN2C(=O)N(CC#Cc3ccc(C(=O)O)cc3)CC2C1. The number of carboxylic acids is 1. The highest BCUT2D eigenvalue weighted by atomic mass is 16.6. The number of aromatic carboxylic acids is 1. The number of hydrogen-bond acceptors (Lipinski definition) is 4. The van der Waals surface area contributed by atoms with Gasteiger partial charge in [-0.15, -0.1) is 0 Å². The van der Waals surface area contributed by atoms with E-state index in [0.717, 1.165) is 12.8 Å². The number of nitrogens with zero attached hydrogens (tertiary/aromatic N) is 3. The van der Waals surface area contributed by atoms with Crippen LogP contribution in [-0.4, -0.2) is 83.3 Å². The maximum atomic E-state index is 12.6. The smallest absolute Gasteiger partial charge is 0.409 e. The molecule has 8 nitrogen and oxygen atoms in total. The molecule has 1 N–H and O–H groups in total. The van der Waals surface area contributed by atoms with Crippen LogP contribution in [0.15, 0.2) is 24.3 Å². The fraction of sp³-hybridized carbons (Fsp3) is 0.476. The van der Waals surface area contributed by atoms with Gasteiger partial charge >= 0.3 is 18.1 Å². The van der Waals surface area contributed by atoms with Gasteiger partial charge in [-0.25, -0.2) is 14.4 Å². The van der Waals surface area contributed by atoms with Gasteiger partial charge in [-0.1, -0.05) is 25.2 Å². The summed E-state index contributed by atoms with van der Waals surface area (Å²) in [5, 5.41) is 8.92. The molecule has 2 aliphatic heterocycles. The number of urea groups is 1. The summed E-state index contributed by atoms with van der Waals surface area (Å²) in [6.07, 6.45) is 1.50. The van der Waals surface area contributed by atoms with Crippen LogP contribution >= 0.6 is 0 Å². The van der Waals surface area contributed by atoms with Crippen molar-refractivity contribution in [2.24, 2.45) is 0 Å². The Morgan fingerprint density at radius 2 is 1.97 bits per heavy atom. The first-order valence-corrected chi connectivity index (χ1v) is 9.79. The quantitative estimate of drug-likeness (QED) is 0.605. The van der Waals surface area contributed by atoms with Crippen LogP contribution in [0.2, 0.25) is 0 Å². The maximum absolute atomic E-state index is 12.6. The molecule has 1 aromatic carbocycles. The number of ether oxygens (including phenoxy) is 1. The van der Waals surface area contributed by atoms with Crippen molar-refractivity contribution in [2.75, 3.05) is 39.3 Å². The minimum atomic E-state index is -0.980. The van der Waals surface area contributed by atoms with Crippen LogP contribution in [0.4, 0.5) is 9.59 Å². The first kappa shape index (κ1) is 20.5. The van der Waals surface area contributed by atoms with Crippen molar-refractivity contribution in [3.63, 3.8) is 0 Å². The Labute approximate surface area is 170 Å². The number of fused-ring (bicyclic) bond motifs is 1. The van der Waals surface area contributed by atoms with Crippen molar-refractivity contribution >= 4 is 18.1 Å². The lowest BCUT2D eigenvalue weighted by Gasteiger charge is -2.35. The van der Waals surface area contributed by atoms with E-state index in [9.17, 15) is 14.4 Å². The van der Waals surface area contributed by atoms with Crippen molar-refractivity contribution in [3.8, 4) is 11.8 Å². The van der Waals surface area contributed by atoms with Crippen LogP contribution in [0, 0.1) is 11.8 Å². The molecule has 1 unspecified atom stereocenters. The summed E-state index contributed by atoms with van der Waals surface area (Å²) in [5.74, 6) is 4.95. The van der Waals surface area contributed by atoms with E-state index in [1.54, 1.807) is 26.8 Å². The molecule has 0 spiro atoms. The first-order valence-electron chi connectivity index (χ1n) is 9.79. The molecule has 2 aliphatic rings. The van der Waals surface area contributed by atoms with Crippen molar-refractivity contribution in [1.82, 2.24) is 14.7 Å². The number of hydrogen-bond donors (Lipinski definition) is 1. The van der Waals surface area contributed by atoms with Gasteiger partial charge in [-0.05, 0) is 30.7 Å². The standard InChI is InChI=1S/C21H25N3O5/c1-2-3-13-29-21(28)23-11-12-24-18(15-23)14-22(20(24)27)10-4-5-16-6-8-17(9-7-16)19(25)26/h6-9,18H,2-3,10-15H2,1H3,(H,25,26). The largest absolute Gasteiger partial charge is 0.478 e. The Morgan fingerprint density at radius 1 is 1.21 bits per heavy atom. The molecule has 3 amide bonds. The van der Waals surface area contributed by atoms with Crippen LogP contribution < -0.4 is 0 Å². The summed E-state index contributed by atoms with van der Waals surface area (Å²) in [6.45, 7) is 4.71. The van der Waals surface area contributed by atoms with E-state index in [1.165, 1.54) is 12.1 Å². The zero-order chi connectivity index (χ0) is 20.8. The van der Waals surface area contributed by atoms with E-state index >= 15 is 0 Å². The zero-order valence-corrected chi connectivity index (χ0v) is 16.5. The molecule has 2 fully saturated rings. The molecule has 29 heavy (non-hydrogen) atoms. The van der Waals surface area contributed by atoms with E-state index in [1.807, 2.05) is 6.92 Å². The van der Waals surface area contributed by atoms with Gasteiger partial charge in [0.15, 0.2) is 0 Å². The average Bonchev–Trinajstić information content (AvgIpc) is 3.03. The van der Waals surface area contributed by atoms with Gasteiger partial charge in [-0.3, -0.25) is 0 Å². The average molecular weight is 399 g/mol. The molecule has 0 saturated carbocycles. The summed E-state index contributed by atoms with van der Waals surface area (Å²) < 4.78 is 5.27. The van der Waals surface area contributed by atoms with Crippen molar-refractivity contribution in [3.05, 3.63) is 35.4 Å². The van der Waals surface area contributed by atoms with E-state index in [0.29, 0.717) is 38.3 Å². The van der Waals surface area contributed by atoms with Crippen LogP contribution in [0.25, 0.3) is 0 Å². The molecular formula is C21H25N3O5. The Kier molecular flexibility index (Phi) is 6.60. The predicted molar refractivity (Wildman–Crippen MR) is 106 cm³/mol. The van der Waals surface area contributed by atoms with Crippen molar-refractivity contribution in [2.45, 2.75) is 25.8 Å². The van der Waals surface area contributed by atoms with Crippen LogP contribution in [0.5, 0.6) is 0 Å². The number of unbranched alkanes of at least 4 members (excludes halogenated alkanes) is 1. The molecule has 0 bridgehead atoms. The van der Waals surface area contributed by atoms with Crippen molar-refractivity contribution < 1.29 is 24.2 Å². The summed E-state index contributed by atoms with van der Waals surface area (Å²) in [5.41, 5.74) is 0.903. The first-order chi connectivity index (χ1) is 14.0. The number of benzene rings is 1. The van der Waals surface area contributed by atoms with Crippen LogP contribution in [0.3, 0.4) is 0 Å². The predicted octanol–water partition coefficient (Wildman–Crippen LogP) is 2.09. The van der Waals surface area contributed by atoms with Gasteiger partial charge in [0.05, 0.1) is 24.8 Å². The Balaban J connectivity index is 1.53. The third kappa shape index (κ3) is 4.99. The summed E-state index contributed by atoms with van der Waals surface area (Å²) in [6, 6.07) is 6.18. The number of amides is 3. The normalized spacial score (nSPS) is 18.2. The summed E-state index contributed by atoms with van der Waals surface area (Å²) >= 11 is 0. The van der Waals surface area contributed by atoms with Gasteiger partial charge in [0.1, 0.15) is 0 Å². The highest BCUT2D eigenvalue weighted by Crippen LogP contribution is 2.20. The maximum Gasteiger partial charge on any atom is 0.409 e. The van der Waals surface area contributed by atoms with E-state index in [4.69, 9.17) is 9.84 Å². The van der Waals surface area contributed by atoms with Gasteiger partial charge in [0, 0.05) is 31.7 Å². The highest BCUT2D eigenvalue weighted by Gasteiger charge is 2.41. The molecule has 0 aromatic heterocycles. The molecule has 3 rings (SSSR count). The number of piperazine rings is 1. The zero-order valence-electron chi connectivity index (χ0n) is 16.5. The van der Waals surface area contributed by atoms with E-state index in [-0.39, 0.29) is 30.3 Å². The molecule has 0 radical (unpaired) electrons. The molecule has 1 aromatic rings. The number of rotatable bonds is 5. The highest BCUT2D eigenvalue weighted by molar-refractivity contribution is 5.87. The van der Waals surface area contributed by atoms with Gasteiger partial charge in [0.2, 0.25) is 0 Å². The van der Waals surface area contributed by atoms with Crippen LogP contribution in [0.1, 0.15) is 35.7 Å². The molecular weight excluding hydrogens is 374 g/mol.